The fraction of sp³-hybridized carbons (Fsp3) is 0.316. The van der Waals surface area contributed by atoms with Gasteiger partial charge in [-0.25, -0.2) is 4.79 Å². The van der Waals surface area contributed by atoms with Crippen LogP contribution in [0.15, 0.2) is 52.3 Å². The predicted octanol–water partition coefficient (Wildman–Crippen LogP) is 3.32. The maximum Gasteiger partial charge on any atom is 0.327 e. The molecule has 0 bridgehead atoms. The van der Waals surface area contributed by atoms with E-state index < -0.39 is 12.0 Å². The SMILES string of the molecule is Cc1ccc(Sc2ccccc2N2CCNCC2C(=O)O)c(C)c1. The number of hydrogen-bond acceptors (Lipinski definition) is 4. The van der Waals surface area contributed by atoms with Crippen LogP contribution >= 0.6 is 11.8 Å². The normalized spacial score (nSPS) is 17.8. The molecule has 2 aromatic carbocycles. The summed E-state index contributed by atoms with van der Waals surface area (Å²) in [4.78, 5) is 15.9. The van der Waals surface area contributed by atoms with E-state index >= 15 is 0 Å². The van der Waals surface area contributed by atoms with E-state index in [1.165, 1.54) is 16.0 Å². The Balaban J connectivity index is 1.94. The second-order valence-electron chi connectivity index (χ2n) is 6.09. The number of hydrogen-bond donors (Lipinski definition) is 2. The molecular formula is C19H22N2O2S. The van der Waals surface area contributed by atoms with Gasteiger partial charge in [0.2, 0.25) is 0 Å². The summed E-state index contributed by atoms with van der Waals surface area (Å²) in [5.41, 5.74) is 3.49. The van der Waals surface area contributed by atoms with Crippen molar-refractivity contribution in [1.82, 2.24) is 5.32 Å². The Morgan fingerprint density at radius 1 is 1.21 bits per heavy atom. The zero-order chi connectivity index (χ0) is 17.1. The highest BCUT2D eigenvalue weighted by Crippen LogP contribution is 2.37. The third-order valence-electron chi connectivity index (χ3n) is 4.25. The molecule has 0 saturated carbocycles. The summed E-state index contributed by atoms with van der Waals surface area (Å²) in [7, 11) is 0. The topological polar surface area (TPSA) is 52.6 Å². The zero-order valence-corrected chi connectivity index (χ0v) is 14.8. The van der Waals surface area contributed by atoms with Gasteiger partial charge in [0, 0.05) is 29.4 Å². The van der Waals surface area contributed by atoms with Gasteiger partial charge in [0.1, 0.15) is 6.04 Å². The number of nitrogens with one attached hydrogen (secondary N) is 1. The molecule has 4 nitrogen and oxygen atoms in total. The molecule has 1 saturated heterocycles. The van der Waals surface area contributed by atoms with Gasteiger partial charge in [0.05, 0.1) is 5.69 Å². The van der Waals surface area contributed by atoms with Crippen molar-refractivity contribution in [1.29, 1.82) is 0 Å². The highest BCUT2D eigenvalue weighted by molar-refractivity contribution is 7.99. The molecule has 1 heterocycles. The van der Waals surface area contributed by atoms with Crippen molar-refractivity contribution in [3.63, 3.8) is 0 Å². The number of carboxylic acids is 1. The predicted molar refractivity (Wildman–Crippen MR) is 98.1 cm³/mol. The second kappa shape index (κ2) is 7.28. The van der Waals surface area contributed by atoms with E-state index in [2.05, 4.69) is 43.4 Å². The third kappa shape index (κ3) is 3.57. The third-order valence-corrected chi connectivity index (χ3v) is 5.50. The Kier molecular flexibility index (Phi) is 5.11. The summed E-state index contributed by atoms with van der Waals surface area (Å²) >= 11 is 1.70. The summed E-state index contributed by atoms with van der Waals surface area (Å²) < 4.78 is 0. The first kappa shape index (κ1) is 16.9. The maximum atomic E-state index is 11.6. The Morgan fingerprint density at radius 3 is 2.75 bits per heavy atom. The Morgan fingerprint density at radius 2 is 2.00 bits per heavy atom. The van der Waals surface area contributed by atoms with Crippen molar-refractivity contribution < 1.29 is 9.90 Å². The van der Waals surface area contributed by atoms with Crippen LogP contribution in [-0.4, -0.2) is 36.8 Å². The first-order valence-corrected chi connectivity index (χ1v) is 8.92. The fourth-order valence-electron chi connectivity index (χ4n) is 3.03. The molecule has 5 heteroatoms. The zero-order valence-electron chi connectivity index (χ0n) is 14.0. The number of anilines is 1. The molecule has 1 atom stereocenters. The Bertz CT molecular complexity index is 748. The number of para-hydroxylation sites is 1. The van der Waals surface area contributed by atoms with Gasteiger partial charge in [0.25, 0.3) is 0 Å². The smallest absolute Gasteiger partial charge is 0.327 e. The molecule has 0 aliphatic carbocycles. The molecule has 1 unspecified atom stereocenters. The van der Waals surface area contributed by atoms with Crippen molar-refractivity contribution in [2.24, 2.45) is 0 Å². The standard InChI is InChI=1S/C19H22N2O2S/c1-13-7-8-17(14(2)11-13)24-18-6-4-3-5-15(18)21-10-9-20-12-16(21)19(22)23/h3-8,11,16,20H,9-10,12H2,1-2H3,(H,22,23). The number of benzene rings is 2. The van der Waals surface area contributed by atoms with Crippen molar-refractivity contribution >= 4 is 23.4 Å². The number of rotatable bonds is 4. The molecular weight excluding hydrogens is 320 g/mol. The van der Waals surface area contributed by atoms with Gasteiger partial charge in [0.15, 0.2) is 0 Å². The second-order valence-corrected chi connectivity index (χ2v) is 7.17. The van der Waals surface area contributed by atoms with Crippen LogP contribution in [-0.2, 0) is 4.79 Å². The van der Waals surface area contributed by atoms with E-state index in [1.54, 1.807) is 11.8 Å². The Hall–Kier alpha value is -1.98. The van der Waals surface area contributed by atoms with Crippen LogP contribution in [0.5, 0.6) is 0 Å². The lowest BCUT2D eigenvalue weighted by molar-refractivity contribution is -0.138. The van der Waals surface area contributed by atoms with Crippen LogP contribution in [0.4, 0.5) is 5.69 Å². The number of aliphatic carboxylic acids is 1. The maximum absolute atomic E-state index is 11.6. The molecule has 24 heavy (non-hydrogen) atoms. The number of nitrogens with zero attached hydrogens (tertiary/aromatic N) is 1. The molecule has 0 amide bonds. The van der Waals surface area contributed by atoms with E-state index in [9.17, 15) is 9.90 Å². The van der Waals surface area contributed by atoms with Crippen LogP contribution in [0.25, 0.3) is 0 Å². The van der Waals surface area contributed by atoms with Gasteiger partial charge in [-0.3, -0.25) is 0 Å². The minimum Gasteiger partial charge on any atom is -0.480 e. The minimum absolute atomic E-state index is 0.470. The number of piperazine rings is 1. The summed E-state index contributed by atoms with van der Waals surface area (Å²) in [5.74, 6) is -0.784. The van der Waals surface area contributed by atoms with Crippen molar-refractivity contribution in [3.8, 4) is 0 Å². The van der Waals surface area contributed by atoms with Crippen LogP contribution in [0.1, 0.15) is 11.1 Å². The van der Waals surface area contributed by atoms with Gasteiger partial charge in [-0.1, -0.05) is 41.6 Å². The van der Waals surface area contributed by atoms with Crippen LogP contribution < -0.4 is 10.2 Å². The lowest BCUT2D eigenvalue weighted by Crippen LogP contribution is -2.55. The highest BCUT2D eigenvalue weighted by Gasteiger charge is 2.29. The first-order chi connectivity index (χ1) is 11.6. The molecule has 2 aromatic rings. The first-order valence-electron chi connectivity index (χ1n) is 8.10. The minimum atomic E-state index is -0.784. The van der Waals surface area contributed by atoms with Crippen LogP contribution in [0.2, 0.25) is 0 Å². The molecule has 0 spiro atoms. The van der Waals surface area contributed by atoms with E-state index in [4.69, 9.17) is 0 Å². The molecule has 1 aliphatic rings. The van der Waals surface area contributed by atoms with E-state index in [0.29, 0.717) is 13.1 Å². The quantitative estimate of drug-likeness (QED) is 0.893. The lowest BCUT2D eigenvalue weighted by Gasteiger charge is -2.36. The van der Waals surface area contributed by atoms with Crippen molar-refractivity contribution in [3.05, 3.63) is 53.6 Å². The van der Waals surface area contributed by atoms with E-state index in [1.807, 2.05) is 23.1 Å². The molecule has 126 valence electrons. The van der Waals surface area contributed by atoms with Gasteiger partial charge in [-0.15, -0.1) is 0 Å². The largest absolute Gasteiger partial charge is 0.480 e. The number of carbonyl (C=O) groups is 1. The summed E-state index contributed by atoms with van der Waals surface area (Å²) in [5, 5.41) is 12.7. The highest BCUT2D eigenvalue weighted by atomic mass is 32.2. The van der Waals surface area contributed by atoms with Crippen LogP contribution in [0, 0.1) is 13.8 Å². The number of aryl methyl sites for hydroxylation is 2. The van der Waals surface area contributed by atoms with Crippen molar-refractivity contribution in [2.45, 2.75) is 29.7 Å². The molecule has 2 N–H and O–H groups in total. The van der Waals surface area contributed by atoms with Gasteiger partial charge >= 0.3 is 5.97 Å². The van der Waals surface area contributed by atoms with Gasteiger partial charge in [-0.05, 0) is 37.6 Å². The molecule has 1 aliphatic heterocycles. The lowest BCUT2D eigenvalue weighted by atomic mass is 10.1. The summed E-state index contributed by atoms with van der Waals surface area (Å²) in [6, 6.07) is 14.0. The fourth-order valence-corrected chi connectivity index (χ4v) is 4.06. The monoisotopic (exact) mass is 342 g/mol. The van der Waals surface area contributed by atoms with E-state index in [-0.39, 0.29) is 0 Å². The van der Waals surface area contributed by atoms with E-state index in [0.717, 1.165) is 17.1 Å². The van der Waals surface area contributed by atoms with Gasteiger partial charge < -0.3 is 15.3 Å². The molecule has 3 rings (SSSR count). The van der Waals surface area contributed by atoms with Gasteiger partial charge in [-0.2, -0.15) is 0 Å². The Labute approximate surface area is 146 Å². The molecule has 0 aromatic heterocycles. The summed E-state index contributed by atoms with van der Waals surface area (Å²) in [6.07, 6.45) is 0. The molecule has 0 radical (unpaired) electrons. The van der Waals surface area contributed by atoms with Crippen LogP contribution in [0.3, 0.4) is 0 Å². The summed E-state index contributed by atoms with van der Waals surface area (Å²) in [6.45, 7) is 6.17. The number of carboxylic acid groups (broad SMARTS) is 1. The average Bonchev–Trinajstić information content (AvgIpc) is 2.58. The average molecular weight is 342 g/mol. The van der Waals surface area contributed by atoms with Crippen molar-refractivity contribution in [2.75, 3.05) is 24.5 Å². The molecule has 1 fully saturated rings.